The van der Waals surface area contributed by atoms with E-state index in [0.717, 1.165) is 11.4 Å². The fourth-order valence-electron chi connectivity index (χ4n) is 1.73. The van der Waals surface area contributed by atoms with Crippen molar-refractivity contribution in [3.63, 3.8) is 0 Å². The first-order valence-corrected chi connectivity index (χ1v) is 5.80. The molecule has 0 fully saturated rings. The Bertz CT molecular complexity index is 556. The molecule has 2 heterocycles. The standard InChI is InChI=1S/C12H16N4O2/c1-4-18-12(17)10-7-13-15(3)11(10)8-16-6-5-9(2)14-16/h5-7H,4,8H2,1-3H3. The van der Waals surface area contributed by atoms with Gasteiger partial charge in [-0.15, -0.1) is 0 Å². The van der Waals surface area contributed by atoms with Crippen molar-refractivity contribution < 1.29 is 9.53 Å². The number of aryl methyl sites for hydroxylation is 2. The Labute approximate surface area is 105 Å². The third-order valence-electron chi connectivity index (χ3n) is 2.64. The number of hydrogen-bond donors (Lipinski definition) is 0. The summed E-state index contributed by atoms with van der Waals surface area (Å²) in [6, 6.07) is 1.92. The topological polar surface area (TPSA) is 61.9 Å². The predicted octanol–water partition coefficient (Wildman–Crippen LogP) is 1.15. The maximum Gasteiger partial charge on any atom is 0.341 e. The first kappa shape index (κ1) is 12.3. The van der Waals surface area contributed by atoms with Crippen molar-refractivity contribution in [1.82, 2.24) is 19.6 Å². The number of nitrogens with zero attached hydrogens (tertiary/aromatic N) is 4. The van der Waals surface area contributed by atoms with Gasteiger partial charge in [-0.25, -0.2) is 4.79 Å². The minimum atomic E-state index is -0.343. The number of aromatic nitrogens is 4. The van der Waals surface area contributed by atoms with Crippen molar-refractivity contribution in [2.45, 2.75) is 20.4 Å². The number of carbonyl (C=O) groups excluding carboxylic acids is 1. The van der Waals surface area contributed by atoms with E-state index >= 15 is 0 Å². The highest BCUT2D eigenvalue weighted by atomic mass is 16.5. The molecule has 2 rings (SSSR count). The van der Waals surface area contributed by atoms with Crippen molar-refractivity contribution in [2.75, 3.05) is 6.61 Å². The first-order chi connectivity index (χ1) is 8.61. The lowest BCUT2D eigenvalue weighted by atomic mass is 10.2. The van der Waals surface area contributed by atoms with Crippen LogP contribution in [0.3, 0.4) is 0 Å². The van der Waals surface area contributed by atoms with Crippen molar-refractivity contribution in [2.24, 2.45) is 7.05 Å². The molecule has 0 amide bonds. The van der Waals surface area contributed by atoms with Crippen LogP contribution in [0.15, 0.2) is 18.5 Å². The quantitative estimate of drug-likeness (QED) is 0.761. The van der Waals surface area contributed by atoms with Crippen LogP contribution in [-0.4, -0.2) is 32.1 Å². The lowest BCUT2D eigenvalue weighted by molar-refractivity contribution is 0.0524. The van der Waals surface area contributed by atoms with E-state index in [1.165, 1.54) is 6.20 Å². The molecule has 0 aromatic carbocycles. The van der Waals surface area contributed by atoms with Gasteiger partial charge < -0.3 is 4.74 Å². The lowest BCUT2D eigenvalue weighted by Gasteiger charge is -2.06. The SMILES string of the molecule is CCOC(=O)c1cnn(C)c1Cn1ccc(C)n1. The highest BCUT2D eigenvalue weighted by molar-refractivity contribution is 5.90. The van der Waals surface area contributed by atoms with E-state index in [2.05, 4.69) is 10.2 Å². The smallest absolute Gasteiger partial charge is 0.341 e. The normalized spacial score (nSPS) is 10.6. The van der Waals surface area contributed by atoms with Crippen LogP contribution in [0.5, 0.6) is 0 Å². The van der Waals surface area contributed by atoms with Gasteiger partial charge in [-0.1, -0.05) is 0 Å². The summed E-state index contributed by atoms with van der Waals surface area (Å²) in [4.78, 5) is 11.8. The van der Waals surface area contributed by atoms with Gasteiger partial charge in [0, 0.05) is 13.2 Å². The van der Waals surface area contributed by atoms with E-state index in [9.17, 15) is 4.79 Å². The molecule has 18 heavy (non-hydrogen) atoms. The molecule has 0 unspecified atom stereocenters. The Kier molecular flexibility index (Phi) is 3.45. The summed E-state index contributed by atoms with van der Waals surface area (Å²) >= 11 is 0. The minimum Gasteiger partial charge on any atom is -0.462 e. The molecule has 0 saturated carbocycles. The summed E-state index contributed by atoms with van der Waals surface area (Å²) < 4.78 is 8.45. The monoisotopic (exact) mass is 248 g/mol. The average molecular weight is 248 g/mol. The Morgan fingerprint density at radius 3 is 2.89 bits per heavy atom. The van der Waals surface area contributed by atoms with Gasteiger partial charge in [-0.3, -0.25) is 9.36 Å². The number of esters is 1. The van der Waals surface area contributed by atoms with Gasteiger partial charge >= 0.3 is 5.97 Å². The minimum absolute atomic E-state index is 0.343. The lowest BCUT2D eigenvalue weighted by Crippen LogP contribution is -2.12. The molecule has 0 saturated heterocycles. The maximum atomic E-state index is 11.8. The fraction of sp³-hybridized carbons (Fsp3) is 0.417. The van der Waals surface area contributed by atoms with Crippen LogP contribution < -0.4 is 0 Å². The largest absolute Gasteiger partial charge is 0.462 e. The van der Waals surface area contributed by atoms with Gasteiger partial charge in [-0.2, -0.15) is 10.2 Å². The van der Waals surface area contributed by atoms with Gasteiger partial charge in [-0.05, 0) is 19.9 Å². The number of rotatable bonds is 4. The first-order valence-electron chi connectivity index (χ1n) is 5.80. The Hall–Kier alpha value is -2.11. The Morgan fingerprint density at radius 2 is 2.28 bits per heavy atom. The van der Waals surface area contributed by atoms with Crippen molar-refractivity contribution >= 4 is 5.97 Å². The number of ether oxygens (including phenoxy) is 1. The van der Waals surface area contributed by atoms with Crippen molar-refractivity contribution in [1.29, 1.82) is 0 Å². The molecule has 0 aliphatic carbocycles. The molecule has 0 spiro atoms. The second-order valence-electron chi connectivity index (χ2n) is 4.00. The maximum absolute atomic E-state index is 11.8. The molecule has 0 N–H and O–H groups in total. The molecule has 2 aromatic rings. The molecule has 96 valence electrons. The Morgan fingerprint density at radius 1 is 1.50 bits per heavy atom. The third-order valence-corrected chi connectivity index (χ3v) is 2.64. The molecule has 0 aliphatic heterocycles. The zero-order valence-corrected chi connectivity index (χ0v) is 10.8. The number of carbonyl (C=O) groups is 1. The summed E-state index contributed by atoms with van der Waals surface area (Å²) in [6.07, 6.45) is 3.40. The summed E-state index contributed by atoms with van der Waals surface area (Å²) in [5, 5.41) is 8.39. The van der Waals surface area contributed by atoms with Crippen LogP contribution in [0.2, 0.25) is 0 Å². The Balaban J connectivity index is 2.26. The zero-order chi connectivity index (χ0) is 13.1. The molecule has 0 bridgehead atoms. The molecular formula is C12H16N4O2. The van der Waals surface area contributed by atoms with E-state index in [0.29, 0.717) is 18.7 Å². The summed E-state index contributed by atoms with van der Waals surface area (Å²) in [5.41, 5.74) is 2.22. The van der Waals surface area contributed by atoms with Crippen LogP contribution in [0.4, 0.5) is 0 Å². The summed E-state index contributed by atoms with van der Waals surface area (Å²) in [6.45, 7) is 4.56. The van der Waals surface area contributed by atoms with E-state index in [-0.39, 0.29) is 5.97 Å². The van der Waals surface area contributed by atoms with Crippen molar-refractivity contribution in [3.05, 3.63) is 35.4 Å². The zero-order valence-electron chi connectivity index (χ0n) is 10.8. The van der Waals surface area contributed by atoms with Crippen LogP contribution in [0, 0.1) is 6.92 Å². The molecule has 0 aliphatic rings. The number of hydrogen-bond acceptors (Lipinski definition) is 4. The molecular weight excluding hydrogens is 232 g/mol. The summed E-state index contributed by atoms with van der Waals surface area (Å²) in [7, 11) is 1.80. The van der Waals surface area contributed by atoms with Crippen LogP contribution >= 0.6 is 0 Å². The molecule has 6 nitrogen and oxygen atoms in total. The third kappa shape index (κ3) is 2.42. The van der Waals surface area contributed by atoms with Gasteiger partial charge in [0.15, 0.2) is 0 Å². The van der Waals surface area contributed by atoms with Gasteiger partial charge in [0.05, 0.1) is 30.7 Å². The van der Waals surface area contributed by atoms with Gasteiger partial charge in [0.2, 0.25) is 0 Å². The van der Waals surface area contributed by atoms with Crippen LogP contribution in [0.25, 0.3) is 0 Å². The van der Waals surface area contributed by atoms with E-state index in [4.69, 9.17) is 4.74 Å². The van der Waals surface area contributed by atoms with E-state index < -0.39 is 0 Å². The molecule has 6 heteroatoms. The summed E-state index contributed by atoms with van der Waals surface area (Å²) in [5.74, 6) is -0.343. The van der Waals surface area contributed by atoms with Crippen LogP contribution in [0.1, 0.15) is 28.7 Å². The second-order valence-corrected chi connectivity index (χ2v) is 4.00. The van der Waals surface area contributed by atoms with Gasteiger partial charge in [0.25, 0.3) is 0 Å². The predicted molar refractivity (Wildman–Crippen MR) is 65.2 cm³/mol. The molecule has 0 radical (unpaired) electrons. The highest BCUT2D eigenvalue weighted by Gasteiger charge is 2.17. The molecule has 2 aromatic heterocycles. The van der Waals surface area contributed by atoms with E-state index in [1.807, 2.05) is 19.2 Å². The van der Waals surface area contributed by atoms with Crippen molar-refractivity contribution in [3.8, 4) is 0 Å². The second kappa shape index (κ2) is 5.03. The van der Waals surface area contributed by atoms with Crippen LogP contribution in [-0.2, 0) is 18.3 Å². The highest BCUT2D eigenvalue weighted by Crippen LogP contribution is 2.11. The van der Waals surface area contributed by atoms with E-state index in [1.54, 1.807) is 23.3 Å². The average Bonchev–Trinajstić information content (AvgIpc) is 2.88. The fourth-order valence-corrected chi connectivity index (χ4v) is 1.73. The van der Waals surface area contributed by atoms with Gasteiger partial charge in [0.1, 0.15) is 5.56 Å². The molecule has 0 atom stereocenters.